The third kappa shape index (κ3) is 2.14. The van der Waals surface area contributed by atoms with Crippen LogP contribution in [0.15, 0.2) is 36.8 Å². The molecule has 5 heteroatoms. The monoisotopic (exact) mass is 294 g/mol. The summed E-state index contributed by atoms with van der Waals surface area (Å²) in [5.41, 5.74) is 10.9. The predicted molar refractivity (Wildman–Crippen MR) is 84.8 cm³/mol. The lowest BCUT2D eigenvalue weighted by atomic mass is 10.0. The van der Waals surface area contributed by atoms with Crippen molar-refractivity contribution in [1.82, 2.24) is 14.4 Å². The topological polar surface area (TPSA) is 65.4 Å². The highest BCUT2D eigenvalue weighted by molar-refractivity contribution is 5.81. The van der Waals surface area contributed by atoms with Crippen LogP contribution in [0.3, 0.4) is 0 Å². The third-order valence-electron chi connectivity index (χ3n) is 4.13. The van der Waals surface area contributed by atoms with Crippen molar-refractivity contribution in [2.75, 3.05) is 7.11 Å². The van der Waals surface area contributed by atoms with Crippen LogP contribution in [0, 0.1) is 0 Å². The van der Waals surface area contributed by atoms with E-state index in [0.717, 1.165) is 22.5 Å². The normalized spacial score (nSPS) is 14.5. The van der Waals surface area contributed by atoms with Crippen LogP contribution in [-0.4, -0.2) is 21.5 Å². The Labute approximate surface area is 128 Å². The van der Waals surface area contributed by atoms with Crippen LogP contribution < -0.4 is 10.5 Å². The van der Waals surface area contributed by atoms with Crippen LogP contribution in [0.4, 0.5) is 0 Å². The molecule has 0 bridgehead atoms. The van der Waals surface area contributed by atoms with Gasteiger partial charge in [-0.25, -0.2) is 9.97 Å². The van der Waals surface area contributed by atoms with E-state index in [1.54, 1.807) is 13.3 Å². The van der Waals surface area contributed by atoms with Gasteiger partial charge in [-0.2, -0.15) is 0 Å². The molecule has 3 heterocycles. The van der Waals surface area contributed by atoms with Gasteiger partial charge >= 0.3 is 0 Å². The standard InChI is InChI=1S/C17H18N4O/c1-22-17-14(3-2-6-19-17)15-7-12(11-4-5-11)9-21-10-13(8-18)20-16(15)21/h2-3,6-7,9-11H,4-5,8,18H2,1H3. The van der Waals surface area contributed by atoms with Crippen LogP contribution >= 0.6 is 0 Å². The molecule has 1 aliphatic rings. The molecule has 4 rings (SSSR count). The van der Waals surface area contributed by atoms with Crippen molar-refractivity contribution < 1.29 is 4.74 Å². The number of nitrogens with zero attached hydrogens (tertiary/aromatic N) is 3. The summed E-state index contributed by atoms with van der Waals surface area (Å²) in [6, 6.07) is 6.17. The lowest BCUT2D eigenvalue weighted by molar-refractivity contribution is 0.399. The third-order valence-corrected chi connectivity index (χ3v) is 4.13. The van der Waals surface area contributed by atoms with Gasteiger partial charge in [0.1, 0.15) is 5.65 Å². The Balaban J connectivity index is 1.99. The molecule has 0 unspecified atom stereocenters. The molecule has 112 valence electrons. The van der Waals surface area contributed by atoms with Gasteiger partial charge in [-0.05, 0) is 42.5 Å². The minimum absolute atomic E-state index is 0.435. The molecule has 3 aromatic heterocycles. The van der Waals surface area contributed by atoms with Gasteiger partial charge in [-0.15, -0.1) is 0 Å². The van der Waals surface area contributed by atoms with Gasteiger partial charge in [0.15, 0.2) is 0 Å². The SMILES string of the molecule is COc1ncccc1-c1cc(C2CC2)cn2cc(CN)nc12. The Bertz CT molecular complexity index is 836. The Morgan fingerprint density at radius 1 is 1.32 bits per heavy atom. The van der Waals surface area contributed by atoms with Gasteiger partial charge in [0.25, 0.3) is 0 Å². The van der Waals surface area contributed by atoms with E-state index in [0.29, 0.717) is 18.3 Å². The number of aromatic nitrogens is 3. The quantitative estimate of drug-likeness (QED) is 0.803. The van der Waals surface area contributed by atoms with Crippen molar-refractivity contribution in [3.63, 3.8) is 0 Å². The molecule has 0 spiro atoms. The molecule has 2 N–H and O–H groups in total. The number of hydrogen-bond donors (Lipinski definition) is 1. The van der Waals surface area contributed by atoms with Crippen LogP contribution in [0.25, 0.3) is 16.8 Å². The Kier molecular flexibility index (Phi) is 3.08. The first-order chi connectivity index (χ1) is 10.8. The summed E-state index contributed by atoms with van der Waals surface area (Å²) in [5, 5.41) is 0. The van der Waals surface area contributed by atoms with Crippen molar-refractivity contribution in [3.05, 3.63) is 48.0 Å². The molecular formula is C17H18N4O. The number of nitrogens with two attached hydrogens (primary N) is 1. The summed E-state index contributed by atoms with van der Waals surface area (Å²) < 4.78 is 7.51. The van der Waals surface area contributed by atoms with Gasteiger partial charge < -0.3 is 14.9 Å². The number of ether oxygens (including phenoxy) is 1. The van der Waals surface area contributed by atoms with E-state index >= 15 is 0 Å². The van der Waals surface area contributed by atoms with E-state index in [4.69, 9.17) is 10.5 Å². The maximum absolute atomic E-state index is 5.76. The second-order valence-corrected chi connectivity index (χ2v) is 5.69. The molecule has 22 heavy (non-hydrogen) atoms. The van der Waals surface area contributed by atoms with Crippen LogP contribution in [0.1, 0.15) is 30.0 Å². The lowest BCUT2D eigenvalue weighted by Gasteiger charge is -2.10. The lowest BCUT2D eigenvalue weighted by Crippen LogP contribution is -1.96. The Hall–Kier alpha value is -2.40. The first-order valence-electron chi connectivity index (χ1n) is 7.51. The van der Waals surface area contributed by atoms with Crippen LogP contribution in [0.2, 0.25) is 0 Å². The van der Waals surface area contributed by atoms with E-state index in [-0.39, 0.29) is 0 Å². The Morgan fingerprint density at radius 3 is 2.91 bits per heavy atom. The second kappa shape index (κ2) is 5.10. The van der Waals surface area contributed by atoms with Gasteiger partial charge in [0.2, 0.25) is 5.88 Å². The molecule has 5 nitrogen and oxygen atoms in total. The number of rotatable bonds is 4. The van der Waals surface area contributed by atoms with Crippen molar-refractivity contribution >= 4 is 5.65 Å². The number of fused-ring (bicyclic) bond motifs is 1. The number of hydrogen-bond acceptors (Lipinski definition) is 4. The minimum Gasteiger partial charge on any atom is -0.481 e. The number of pyridine rings is 2. The summed E-state index contributed by atoms with van der Waals surface area (Å²) in [4.78, 5) is 8.97. The maximum Gasteiger partial charge on any atom is 0.221 e. The zero-order chi connectivity index (χ0) is 15.1. The average molecular weight is 294 g/mol. The first-order valence-corrected chi connectivity index (χ1v) is 7.51. The van der Waals surface area contributed by atoms with Crippen LogP contribution in [-0.2, 0) is 6.54 Å². The molecule has 0 atom stereocenters. The van der Waals surface area contributed by atoms with E-state index in [2.05, 4.69) is 26.6 Å². The number of imidazole rings is 1. The molecule has 0 aromatic carbocycles. The fraction of sp³-hybridized carbons (Fsp3) is 0.294. The second-order valence-electron chi connectivity index (χ2n) is 5.69. The predicted octanol–water partition coefficient (Wildman–Crippen LogP) is 2.74. The smallest absolute Gasteiger partial charge is 0.221 e. The number of methoxy groups -OCH3 is 1. The zero-order valence-corrected chi connectivity index (χ0v) is 12.5. The molecule has 1 aliphatic carbocycles. The fourth-order valence-corrected chi connectivity index (χ4v) is 2.87. The Morgan fingerprint density at radius 2 is 2.18 bits per heavy atom. The summed E-state index contributed by atoms with van der Waals surface area (Å²) in [6.45, 7) is 0.435. The van der Waals surface area contributed by atoms with Gasteiger partial charge in [0, 0.05) is 36.3 Å². The van der Waals surface area contributed by atoms with Crippen molar-refractivity contribution in [2.45, 2.75) is 25.3 Å². The molecule has 3 aromatic rings. The van der Waals surface area contributed by atoms with Crippen molar-refractivity contribution in [1.29, 1.82) is 0 Å². The molecule has 1 saturated carbocycles. The zero-order valence-electron chi connectivity index (χ0n) is 12.5. The van der Waals surface area contributed by atoms with Gasteiger partial charge in [0.05, 0.1) is 12.8 Å². The molecule has 0 aliphatic heterocycles. The molecule has 0 saturated heterocycles. The summed E-state index contributed by atoms with van der Waals surface area (Å²) >= 11 is 0. The van der Waals surface area contributed by atoms with Crippen LogP contribution in [0.5, 0.6) is 5.88 Å². The minimum atomic E-state index is 0.435. The summed E-state index contributed by atoms with van der Waals surface area (Å²) in [5.74, 6) is 1.28. The van der Waals surface area contributed by atoms with E-state index < -0.39 is 0 Å². The molecular weight excluding hydrogens is 276 g/mol. The molecule has 1 fully saturated rings. The van der Waals surface area contributed by atoms with E-state index in [9.17, 15) is 0 Å². The largest absolute Gasteiger partial charge is 0.481 e. The highest BCUT2D eigenvalue weighted by Crippen LogP contribution is 2.42. The molecule has 0 radical (unpaired) electrons. The van der Waals surface area contributed by atoms with E-state index in [1.807, 2.05) is 18.3 Å². The van der Waals surface area contributed by atoms with Crippen molar-refractivity contribution in [2.24, 2.45) is 5.73 Å². The highest BCUT2D eigenvalue weighted by Gasteiger charge is 2.26. The van der Waals surface area contributed by atoms with Crippen molar-refractivity contribution in [3.8, 4) is 17.0 Å². The summed E-state index contributed by atoms with van der Waals surface area (Å²) in [7, 11) is 1.64. The van der Waals surface area contributed by atoms with E-state index in [1.165, 1.54) is 18.4 Å². The maximum atomic E-state index is 5.76. The average Bonchev–Trinajstić information content (AvgIpc) is 3.33. The summed E-state index contributed by atoms with van der Waals surface area (Å²) in [6.07, 6.45) is 8.43. The van der Waals surface area contributed by atoms with Gasteiger partial charge in [-0.1, -0.05) is 0 Å². The van der Waals surface area contributed by atoms with Gasteiger partial charge in [-0.3, -0.25) is 0 Å². The fourth-order valence-electron chi connectivity index (χ4n) is 2.87. The molecule has 0 amide bonds. The highest BCUT2D eigenvalue weighted by atomic mass is 16.5. The first kappa shape index (κ1) is 13.3.